The van der Waals surface area contributed by atoms with Crippen LogP contribution in [0.2, 0.25) is 0 Å². The molecular weight excluding hydrogens is 196 g/mol. The van der Waals surface area contributed by atoms with Crippen molar-refractivity contribution < 1.29 is 9.53 Å². The van der Waals surface area contributed by atoms with Crippen molar-refractivity contribution in [3.05, 3.63) is 0 Å². The van der Waals surface area contributed by atoms with Gasteiger partial charge >= 0.3 is 0 Å². The Labute approximate surface area is 91.8 Å². The second-order valence-corrected chi connectivity index (χ2v) is 4.63. The maximum absolute atomic E-state index is 10.0. The minimum atomic E-state index is 0.488. The van der Waals surface area contributed by atoms with E-state index in [2.05, 4.69) is 13.2 Å². The van der Waals surface area contributed by atoms with Crippen molar-refractivity contribution in [2.75, 3.05) is 12.9 Å². The molecule has 0 aromatic rings. The van der Waals surface area contributed by atoms with E-state index in [1.807, 2.05) is 0 Å². The minimum absolute atomic E-state index is 0.488. The number of ether oxygens (including phenoxy) is 1. The molecule has 0 saturated carbocycles. The summed E-state index contributed by atoms with van der Waals surface area (Å²) < 4.78 is 4.76. The monoisotopic (exact) mass is 218 g/mol. The molecule has 84 valence electrons. The molecule has 0 fully saturated rings. The maximum Gasteiger partial charge on any atom is 0.293 e. The zero-order chi connectivity index (χ0) is 10.6. The predicted molar refractivity (Wildman–Crippen MR) is 62.7 cm³/mol. The first-order valence-electron chi connectivity index (χ1n) is 5.43. The van der Waals surface area contributed by atoms with Crippen molar-refractivity contribution in [3.8, 4) is 0 Å². The summed E-state index contributed by atoms with van der Waals surface area (Å²) in [6, 6.07) is 0. The highest BCUT2D eigenvalue weighted by molar-refractivity contribution is 7.99. The molecule has 2 nitrogen and oxygen atoms in total. The van der Waals surface area contributed by atoms with Crippen molar-refractivity contribution in [2.24, 2.45) is 0 Å². The van der Waals surface area contributed by atoms with E-state index in [4.69, 9.17) is 4.74 Å². The molecule has 0 aliphatic heterocycles. The van der Waals surface area contributed by atoms with Gasteiger partial charge in [0.2, 0.25) is 0 Å². The highest BCUT2D eigenvalue weighted by atomic mass is 32.2. The standard InChI is InChI=1S/C11H22O2S/c1-3-4-5-6-7-8-11(14-2)9-13-10-12/h10-11H,3-9H2,1-2H3. The largest absolute Gasteiger partial charge is 0.467 e. The highest BCUT2D eigenvalue weighted by Crippen LogP contribution is 2.16. The quantitative estimate of drug-likeness (QED) is 0.416. The molecule has 0 bridgehead atoms. The highest BCUT2D eigenvalue weighted by Gasteiger charge is 2.06. The molecule has 1 unspecified atom stereocenters. The van der Waals surface area contributed by atoms with Crippen LogP contribution in [-0.4, -0.2) is 24.6 Å². The third kappa shape index (κ3) is 8.42. The van der Waals surface area contributed by atoms with Gasteiger partial charge in [0.1, 0.15) is 6.61 Å². The van der Waals surface area contributed by atoms with Gasteiger partial charge in [0.15, 0.2) is 0 Å². The SMILES string of the molecule is CCCCCCCC(COC=O)SC. The Morgan fingerprint density at radius 1 is 1.29 bits per heavy atom. The van der Waals surface area contributed by atoms with E-state index in [0.717, 1.165) is 0 Å². The Kier molecular flexibility index (Phi) is 10.8. The Morgan fingerprint density at radius 2 is 2.00 bits per heavy atom. The molecule has 0 radical (unpaired) electrons. The molecule has 14 heavy (non-hydrogen) atoms. The van der Waals surface area contributed by atoms with E-state index < -0.39 is 0 Å². The van der Waals surface area contributed by atoms with Crippen LogP contribution in [-0.2, 0) is 9.53 Å². The molecule has 0 saturated heterocycles. The van der Waals surface area contributed by atoms with Crippen molar-refractivity contribution in [3.63, 3.8) is 0 Å². The van der Waals surface area contributed by atoms with Gasteiger partial charge in [-0.3, -0.25) is 4.79 Å². The van der Waals surface area contributed by atoms with Gasteiger partial charge in [-0.1, -0.05) is 39.0 Å². The van der Waals surface area contributed by atoms with Gasteiger partial charge in [0, 0.05) is 5.25 Å². The summed E-state index contributed by atoms with van der Waals surface area (Å²) >= 11 is 1.79. The van der Waals surface area contributed by atoms with Crippen LogP contribution in [0.15, 0.2) is 0 Å². The molecule has 0 aromatic carbocycles. The molecule has 0 amide bonds. The predicted octanol–water partition coefficient (Wildman–Crippen LogP) is 3.25. The van der Waals surface area contributed by atoms with Gasteiger partial charge in [0.25, 0.3) is 6.47 Å². The van der Waals surface area contributed by atoms with Gasteiger partial charge in [-0.2, -0.15) is 11.8 Å². The molecule has 0 rings (SSSR count). The van der Waals surface area contributed by atoms with E-state index in [9.17, 15) is 4.79 Å². The van der Waals surface area contributed by atoms with Crippen LogP contribution in [0.5, 0.6) is 0 Å². The fraction of sp³-hybridized carbons (Fsp3) is 0.909. The molecule has 0 aromatic heterocycles. The van der Waals surface area contributed by atoms with E-state index in [1.165, 1.54) is 38.5 Å². The lowest BCUT2D eigenvalue weighted by Gasteiger charge is -2.12. The molecule has 0 spiro atoms. The van der Waals surface area contributed by atoms with Crippen LogP contribution in [0.1, 0.15) is 45.4 Å². The summed E-state index contributed by atoms with van der Waals surface area (Å²) in [6.45, 7) is 3.33. The van der Waals surface area contributed by atoms with E-state index in [0.29, 0.717) is 18.3 Å². The zero-order valence-electron chi connectivity index (χ0n) is 9.33. The summed E-state index contributed by atoms with van der Waals surface area (Å²) in [5.74, 6) is 0. The first-order valence-corrected chi connectivity index (χ1v) is 6.72. The lowest BCUT2D eigenvalue weighted by atomic mass is 10.1. The fourth-order valence-corrected chi connectivity index (χ4v) is 2.01. The normalized spacial score (nSPS) is 12.4. The van der Waals surface area contributed by atoms with Crippen LogP contribution >= 0.6 is 11.8 Å². The Hall–Kier alpha value is -0.180. The number of carbonyl (C=O) groups excluding carboxylic acids is 1. The van der Waals surface area contributed by atoms with Crippen LogP contribution in [0, 0.1) is 0 Å². The lowest BCUT2D eigenvalue weighted by Crippen LogP contribution is -2.10. The van der Waals surface area contributed by atoms with Crippen molar-refractivity contribution in [1.29, 1.82) is 0 Å². The molecule has 1 atom stereocenters. The number of rotatable bonds is 10. The lowest BCUT2D eigenvalue weighted by molar-refractivity contribution is -0.128. The van der Waals surface area contributed by atoms with Gasteiger partial charge in [-0.15, -0.1) is 0 Å². The molecule has 0 heterocycles. The maximum atomic E-state index is 10.0. The fourth-order valence-electron chi connectivity index (χ4n) is 1.39. The summed E-state index contributed by atoms with van der Waals surface area (Å²) in [4.78, 5) is 10.0. The Balaban J connectivity index is 3.28. The first-order chi connectivity index (χ1) is 6.85. The number of thioether (sulfide) groups is 1. The summed E-state index contributed by atoms with van der Waals surface area (Å²) in [6.07, 6.45) is 9.78. The third-order valence-electron chi connectivity index (χ3n) is 2.31. The second kappa shape index (κ2) is 10.9. The molecular formula is C11H22O2S. The average molecular weight is 218 g/mol. The van der Waals surface area contributed by atoms with Crippen LogP contribution in [0.3, 0.4) is 0 Å². The Morgan fingerprint density at radius 3 is 2.57 bits per heavy atom. The summed E-state index contributed by atoms with van der Waals surface area (Å²) in [7, 11) is 0. The summed E-state index contributed by atoms with van der Waals surface area (Å²) in [5.41, 5.74) is 0. The van der Waals surface area contributed by atoms with Gasteiger partial charge in [-0.25, -0.2) is 0 Å². The van der Waals surface area contributed by atoms with Crippen LogP contribution in [0.25, 0.3) is 0 Å². The van der Waals surface area contributed by atoms with Crippen LogP contribution in [0.4, 0.5) is 0 Å². The van der Waals surface area contributed by atoms with Crippen LogP contribution < -0.4 is 0 Å². The molecule has 0 aliphatic rings. The van der Waals surface area contributed by atoms with Crippen molar-refractivity contribution >= 4 is 18.2 Å². The topological polar surface area (TPSA) is 26.3 Å². The number of hydrogen-bond donors (Lipinski definition) is 0. The number of unbranched alkanes of at least 4 members (excludes halogenated alkanes) is 4. The van der Waals surface area contributed by atoms with Gasteiger partial charge in [0.05, 0.1) is 0 Å². The second-order valence-electron chi connectivity index (χ2n) is 3.49. The van der Waals surface area contributed by atoms with Crippen molar-refractivity contribution in [1.82, 2.24) is 0 Å². The number of carbonyl (C=O) groups is 1. The molecule has 0 N–H and O–H groups in total. The third-order valence-corrected chi connectivity index (χ3v) is 3.35. The molecule has 0 aliphatic carbocycles. The average Bonchev–Trinajstić information content (AvgIpc) is 2.22. The molecule has 3 heteroatoms. The van der Waals surface area contributed by atoms with Crippen molar-refractivity contribution in [2.45, 2.75) is 50.7 Å². The first kappa shape index (κ1) is 13.8. The number of hydrogen-bond acceptors (Lipinski definition) is 3. The van der Waals surface area contributed by atoms with E-state index in [-0.39, 0.29) is 0 Å². The van der Waals surface area contributed by atoms with E-state index in [1.54, 1.807) is 11.8 Å². The van der Waals surface area contributed by atoms with Gasteiger partial charge < -0.3 is 4.74 Å². The minimum Gasteiger partial charge on any atom is -0.467 e. The van der Waals surface area contributed by atoms with E-state index >= 15 is 0 Å². The smallest absolute Gasteiger partial charge is 0.293 e. The Bertz CT molecular complexity index is 128. The van der Waals surface area contributed by atoms with Gasteiger partial charge in [-0.05, 0) is 12.7 Å². The summed E-state index contributed by atoms with van der Waals surface area (Å²) in [5, 5.41) is 0.488. The zero-order valence-corrected chi connectivity index (χ0v) is 10.1.